The standard InChI is InChI=1S/C16H26ClN3O2S/c1-14(2)13-23(21,22)18-7-8-19-9-11-20(12-10-19)16-5-3-15(17)4-6-16/h3-6,14,18H,7-13H2,1-2H3. The molecule has 1 aliphatic rings. The number of anilines is 1. The monoisotopic (exact) mass is 359 g/mol. The molecule has 0 aromatic heterocycles. The number of rotatable bonds is 7. The summed E-state index contributed by atoms with van der Waals surface area (Å²) in [5.74, 6) is 0.340. The van der Waals surface area contributed by atoms with Gasteiger partial charge in [0.2, 0.25) is 10.0 Å². The van der Waals surface area contributed by atoms with Crippen LogP contribution in [-0.2, 0) is 10.0 Å². The van der Waals surface area contributed by atoms with Crippen LogP contribution in [0.2, 0.25) is 5.02 Å². The maximum atomic E-state index is 11.8. The molecule has 0 bridgehead atoms. The zero-order valence-electron chi connectivity index (χ0n) is 13.8. The Balaban J connectivity index is 1.72. The van der Waals surface area contributed by atoms with Gasteiger partial charge in [-0.1, -0.05) is 25.4 Å². The fourth-order valence-electron chi connectivity index (χ4n) is 2.74. The van der Waals surface area contributed by atoms with Gasteiger partial charge in [0.25, 0.3) is 0 Å². The minimum absolute atomic E-state index is 0.149. The number of piperazine rings is 1. The minimum atomic E-state index is -3.14. The second-order valence-corrected chi connectivity index (χ2v) is 8.66. The molecule has 1 saturated heterocycles. The second-order valence-electron chi connectivity index (χ2n) is 6.37. The van der Waals surface area contributed by atoms with Crippen molar-refractivity contribution in [2.45, 2.75) is 13.8 Å². The maximum absolute atomic E-state index is 11.8. The van der Waals surface area contributed by atoms with Crippen LogP contribution in [0.25, 0.3) is 0 Å². The molecule has 0 amide bonds. The first kappa shape index (κ1) is 18.5. The van der Waals surface area contributed by atoms with E-state index in [1.54, 1.807) is 0 Å². The van der Waals surface area contributed by atoms with Gasteiger partial charge in [0.05, 0.1) is 5.75 Å². The summed E-state index contributed by atoms with van der Waals surface area (Å²) in [4.78, 5) is 4.63. The topological polar surface area (TPSA) is 52.7 Å². The largest absolute Gasteiger partial charge is 0.369 e. The molecule has 0 aliphatic carbocycles. The van der Waals surface area contributed by atoms with E-state index in [0.29, 0.717) is 6.54 Å². The van der Waals surface area contributed by atoms with Gasteiger partial charge in [-0.25, -0.2) is 13.1 Å². The summed E-state index contributed by atoms with van der Waals surface area (Å²) in [5.41, 5.74) is 1.19. The van der Waals surface area contributed by atoms with Crippen molar-refractivity contribution in [3.8, 4) is 0 Å². The Bertz CT molecular complexity index is 582. The van der Waals surface area contributed by atoms with E-state index in [4.69, 9.17) is 11.6 Å². The first-order valence-corrected chi connectivity index (χ1v) is 10.1. The van der Waals surface area contributed by atoms with Crippen molar-refractivity contribution in [1.29, 1.82) is 0 Å². The first-order chi connectivity index (χ1) is 10.9. The lowest BCUT2D eigenvalue weighted by atomic mass is 10.2. The van der Waals surface area contributed by atoms with E-state index in [9.17, 15) is 8.42 Å². The molecule has 0 spiro atoms. The first-order valence-electron chi connectivity index (χ1n) is 8.06. The molecular weight excluding hydrogens is 334 g/mol. The summed E-state index contributed by atoms with van der Waals surface area (Å²) in [6, 6.07) is 7.90. The Morgan fingerprint density at radius 3 is 2.30 bits per heavy atom. The highest BCUT2D eigenvalue weighted by Crippen LogP contribution is 2.19. The smallest absolute Gasteiger partial charge is 0.211 e. The molecular formula is C16H26ClN3O2S. The normalized spacial score (nSPS) is 17.0. The number of nitrogens with one attached hydrogen (secondary N) is 1. The van der Waals surface area contributed by atoms with Crippen LogP contribution in [0, 0.1) is 5.92 Å². The van der Waals surface area contributed by atoms with Crippen LogP contribution >= 0.6 is 11.6 Å². The van der Waals surface area contributed by atoms with Crippen molar-refractivity contribution < 1.29 is 8.42 Å². The molecule has 0 unspecified atom stereocenters. The fraction of sp³-hybridized carbons (Fsp3) is 0.625. The fourth-order valence-corrected chi connectivity index (χ4v) is 4.26. The molecule has 0 saturated carbocycles. The Labute approximate surface area is 144 Å². The molecule has 1 aliphatic heterocycles. The molecule has 5 nitrogen and oxygen atoms in total. The van der Waals surface area contributed by atoms with Gasteiger partial charge in [0.15, 0.2) is 0 Å². The van der Waals surface area contributed by atoms with E-state index in [1.807, 2.05) is 38.1 Å². The van der Waals surface area contributed by atoms with Crippen LogP contribution in [-0.4, -0.2) is 58.3 Å². The van der Waals surface area contributed by atoms with Crippen molar-refractivity contribution in [3.05, 3.63) is 29.3 Å². The lowest BCUT2D eigenvalue weighted by molar-refractivity contribution is 0.262. The van der Waals surface area contributed by atoms with Crippen LogP contribution in [0.1, 0.15) is 13.8 Å². The number of benzene rings is 1. The summed E-state index contributed by atoms with van der Waals surface area (Å²) in [7, 11) is -3.14. The quantitative estimate of drug-likeness (QED) is 0.809. The van der Waals surface area contributed by atoms with E-state index in [1.165, 1.54) is 5.69 Å². The Hall–Kier alpha value is -0.820. The van der Waals surface area contributed by atoms with Gasteiger partial charge in [-0.05, 0) is 30.2 Å². The SMILES string of the molecule is CC(C)CS(=O)(=O)NCCN1CCN(c2ccc(Cl)cc2)CC1. The molecule has 0 radical (unpaired) electrons. The van der Waals surface area contributed by atoms with Crippen LogP contribution in [0.4, 0.5) is 5.69 Å². The van der Waals surface area contributed by atoms with E-state index < -0.39 is 10.0 Å². The lowest BCUT2D eigenvalue weighted by Gasteiger charge is -2.36. The number of halogens is 1. The van der Waals surface area contributed by atoms with Crippen molar-refractivity contribution in [2.24, 2.45) is 5.92 Å². The molecule has 1 aromatic carbocycles. The third-order valence-corrected chi connectivity index (χ3v) is 5.87. The third kappa shape index (κ3) is 6.30. The molecule has 1 fully saturated rings. The molecule has 1 N–H and O–H groups in total. The second kappa shape index (κ2) is 8.33. The van der Waals surface area contributed by atoms with Crippen molar-refractivity contribution in [2.75, 3.05) is 49.9 Å². The lowest BCUT2D eigenvalue weighted by Crippen LogP contribution is -2.48. The van der Waals surface area contributed by atoms with Crippen LogP contribution in [0.5, 0.6) is 0 Å². The molecule has 2 rings (SSSR count). The summed E-state index contributed by atoms with van der Waals surface area (Å²) in [6.07, 6.45) is 0. The summed E-state index contributed by atoms with van der Waals surface area (Å²) >= 11 is 5.92. The zero-order chi connectivity index (χ0) is 16.9. The summed E-state index contributed by atoms with van der Waals surface area (Å²) in [5, 5.41) is 0.751. The highest BCUT2D eigenvalue weighted by molar-refractivity contribution is 7.89. The zero-order valence-corrected chi connectivity index (χ0v) is 15.4. The maximum Gasteiger partial charge on any atom is 0.211 e. The third-order valence-electron chi connectivity index (χ3n) is 3.87. The van der Waals surface area contributed by atoms with Gasteiger partial charge < -0.3 is 4.90 Å². The number of hydrogen-bond donors (Lipinski definition) is 1. The van der Waals surface area contributed by atoms with Gasteiger partial charge in [-0.15, -0.1) is 0 Å². The van der Waals surface area contributed by atoms with Gasteiger partial charge in [-0.3, -0.25) is 4.90 Å². The van der Waals surface area contributed by atoms with E-state index in [2.05, 4.69) is 14.5 Å². The van der Waals surface area contributed by atoms with Crippen LogP contribution in [0.3, 0.4) is 0 Å². The Kier molecular flexibility index (Phi) is 6.71. The minimum Gasteiger partial charge on any atom is -0.369 e. The van der Waals surface area contributed by atoms with Crippen LogP contribution < -0.4 is 9.62 Å². The Morgan fingerprint density at radius 2 is 1.74 bits per heavy atom. The molecule has 23 heavy (non-hydrogen) atoms. The highest BCUT2D eigenvalue weighted by Gasteiger charge is 2.18. The predicted molar refractivity (Wildman–Crippen MR) is 96.7 cm³/mol. The Morgan fingerprint density at radius 1 is 1.13 bits per heavy atom. The van der Waals surface area contributed by atoms with Gasteiger partial charge in [0.1, 0.15) is 0 Å². The van der Waals surface area contributed by atoms with Gasteiger partial charge in [-0.2, -0.15) is 0 Å². The number of hydrogen-bond acceptors (Lipinski definition) is 4. The average molecular weight is 360 g/mol. The summed E-state index contributed by atoms with van der Waals surface area (Å²) in [6.45, 7) is 8.83. The van der Waals surface area contributed by atoms with Crippen molar-refractivity contribution in [3.63, 3.8) is 0 Å². The van der Waals surface area contributed by atoms with Crippen molar-refractivity contribution >= 4 is 27.3 Å². The average Bonchev–Trinajstić information content (AvgIpc) is 2.47. The molecule has 130 valence electrons. The number of nitrogens with zero attached hydrogens (tertiary/aromatic N) is 2. The predicted octanol–water partition coefficient (Wildman–Crippen LogP) is 2.04. The number of sulfonamides is 1. The summed E-state index contributed by atoms with van der Waals surface area (Å²) < 4.78 is 26.3. The van der Waals surface area contributed by atoms with Gasteiger partial charge in [0, 0.05) is 50.0 Å². The van der Waals surface area contributed by atoms with E-state index in [-0.39, 0.29) is 11.7 Å². The van der Waals surface area contributed by atoms with Gasteiger partial charge >= 0.3 is 0 Å². The van der Waals surface area contributed by atoms with Crippen LogP contribution in [0.15, 0.2) is 24.3 Å². The van der Waals surface area contributed by atoms with Crippen molar-refractivity contribution in [1.82, 2.24) is 9.62 Å². The molecule has 1 heterocycles. The van der Waals surface area contributed by atoms with E-state index >= 15 is 0 Å². The molecule has 0 atom stereocenters. The molecule has 1 aromatic rings. The highest BCUT2D eigenvalue weighted by atomic mass is 35.5. The van der Waals surface area contributed by atoms with E-state index in [0.717, 1.165) is 37.7 Å². The molecule has 7 heteroatoms.